The Morgan fingerprint density at radius 2 is 1.56 bits per heavy atom. The summed E-state index contributed by atoms with van der Waals surface area (Å²) < 4.78 is 15.6. The number of phenols is 4. The van der Waals surface area contributed by atoms with Crippen molar-refractivity contribution in [2.75, 3.05) is 14.2 Å². The van der Waals surface area contributed by atoms with E-state index in [-0.39, 0.29) is 34.0 Å². The van der Waals surface area contributed by atoms with Crippen LogP contribution in [-0.2, 0) is 0 Å². The summed E-state index contributed by atoms with van der Waals surface area (Å²) in [5.74, 6) is -2.29. The van der Waals surface area contributed by atoms with E-state index in [4.69, 9.17) is 13.9 Å². The largest absolute Gasteiger partial charge is 0.504 e. The average molecular weight is 346 g/mol. The van der Waals surface area contributed by atoms with Gasteiger partial charge in [-0.05, 0) is 18.2 Å². The van der Waals surface area contributed by atoms with Crippen LogP contribution in [0, 0.1) is 0 Å². The summed E-state index contributed by atoms with van der Waals surface area (Å²) in [5, 5.41) is 39.1. The summed E-state index contributed by atoms with van der Waals surface area (Å²) in [4.78, 5) is 12.5. The van der Waals surface area contributed by atoms with E-state index in [9.17, 15) is 25.2 Å². The smallest absolute Gasteiger partial charge is 0.208 e. The summed E-state index contributed by atoms with van der Waals surface area (Å²) in [5.41, 5.74) is -0.502. The maximum absolute atomic E-state index is 12.5. The Balaban J connectivity index is 2.39. The first-order valence-corrected chi connectivity index (χ1v) is 7.05. The second-order valence-corrected chi connectivity index (χ2v) is 5.15. The van der Waals surface area contributed by atoms with Crippen LogP contribution < -0.4 is 14.9 Å². The lowest BCUT2D eigenvalue weighted by Crippen LogP contribution is -2.03. The molecule has 0 amide bonds. The Labute approximate surface area is 140 Å². The number of hydrogen-bond donors (Lipinski definition) is 4. The van der Waals surface area contributed by atoms with Crippen LogP contribution >= 0.6 is 0 Å². The van der Waals surface area contributed by atoms with Crippen LogP contribution in [0.5, 0.6) is 34.5 Å². The van der Waals surface area contributed by atoms with Gasteiger partial charge < -0.3 is 34.3 Å². The minimum Gasteiger partial charge on any atom is -0.504 e. The Kier molecular flexibility index (Phi) is 3.80. The second-order valence-electron chi connectivity index (χ2n) is 5.15. The Hall–Kier alpha value is -3.55. The quantitative estimate of drug-likeness (QED) is 0.532. The molecule has 2 aromatic carbocycles. The van der Waals surface area contributed by atoms with E-state index in [1.165, 1.54) is 32.4 Å². The van der Waals surface area contributed by atoms with Crippen molar-refractivity contribution in [3.05, 3.63) is 34.5 Å². The molecule has 0 unspecified atom stereocenters. The van der Waals surface area contributed by atoms with Crippen molar-refractivity contribution >= 4 is 11.0 Å². The molecule has 3 aromatic rings. The van der Waals surface area contributed by atoms with Crippen LogP contribution in [0.4, 0.5) is 0 Å². The van der Waals surface area contributed by atoms with Gasteiger partial charge in [0.15, 0.2) is 28.3 Å². The third-order valence-corrected chi connectivity index (χ3v) is 3.70. The molecule has 0 aliphatic rings. The number of fused-ring (bicyclic) bond motifs is 1. The van der Waals surface area contributed by atoms with Crippen LogP contribution in [0.2, 0.25) is 0 Å². The molecule has 8 heteroatoms. The highest BCUT2D eigenvalue weighted by Gasteiger charge is 2.25. The zero-order chi connectivity index (χ0) is 18.3. The van der Waals surface area contributed by atoms with E-state index in [1.54, 1.807) is 0 Å². The standard InChI is InChI=1S/C17H14O8/c1-23-16-13(21)12-10(20)6-11(7-3-4-8(18)9(19)5-7)25-15(12)17(24-2)14(16)22/h3-6,18-19,21-22H,1-2H3. The molecule has 0 bridgehead atoms. The normalized spacial score (nSPS) is 10.8. The highest BCUT2D eigenvalue weighted by Crippen LogP contribution is 2.49. The molecule has 4 N–H and O–H groups in total. The van der Waals surface area contributed by atoms with Gasteiger partial charge in [-0.1, -0.05) is 0 Å². The van der Waals surface area contributed by atoms with Gasteiger partial charge in [-0.2, -0.15) is 0 Å². The van der Waals surface area contributed by atoms with Crippen LogP contribution in [0.15, 0.2) is 33.5 Å². The van der Waals surface area contributed by atoms with E-state index in [2.05, 4.69) is 0 Å². The lowest BCUT2D eigenvalue weighted by Gasteiger charge is -2.13. The van der Waals surface area contributed by atoms with Gasteiger partial charge in [0, 0.05) is 11.6 Å². The van der Waals surface area contributed by atoms with Crippen molar-refractivity contribution in [2.24, 2.45) is 0 Å². The topological polar surface area (TPSA) is 130 Å². The van der Waals surface area contributed by atoms with Crippen molar-refractivity contribution in [2.45, 2.75) is 0 Å². The first-order chi connectivity index (χ1) is 11.9. The Morgan fingerprint density at radius 1 is 0.880 bits per heavy atom. The van der Waals surface area contributed by atoms with Crippen molar-refractivity contribution in [3.63, 3.8) is 0 Å². The molecule has 0 saturated heterocycles. The minimum absolute atomic E-state index is 0.0371. The summed E-state index contributed by atoms with van der Waals surface area (Å²) in [6, 6.07) is 4.96. The predicted molar refractivity (Wildman–Crippen MR) is 87.7 cm³/mol. The van der Waals surface area contributed by atoms with E-state index < -0.39 is 22.7 Å². The maximum Gasteiger partial charge on any atom is 0.208 e. The molecule has 0 saturated carbocycles. The SMILES string of the molecule is COc1c(O)c(OC)c2oc(-c3ccc(O)c(O)c3)cc(=O)c2c1O. The number of aromatic hydroxyl groups is 4. The molecule has 0 aliphatic heterocycles. The molecular formula is C17H14O8. The van der Waals surface area contributed by atoms with Gasteiger partial charge in [0.05, 0.1) is 14.2 Å². The molecule has 0 aliphatic carbocycles. The first-order valence-electron chi connectivity index (χ1n) is 7.05. The van der Waals surface area contributed by atoms with E-state index in [0.29, 0.717) is 5.56 Å². The average Bonchev–Trinajstić information content (AvgIpc) is 2.57. The van der Waals surface area contributed by atoms with Crippen LogP contribution in [0.25, 0.3) is 22.3 Å². The molecule has 0 radical (unpaired) electrons. The second kappa shape index (κ2) is 5.82. The number of rotatable bonds is 3. The van der Waals surface area contributed by atoms with Crippen molar-refractivity contribution in [1.82, 2.24) is 0 Å². The van der Waals surface area contributed by atoms with E-state index in [1.807, 2.05) is 0 Å². The molecule has 8 nitrogen and oxygen atoms in total. The van der Waals surface area contributed by atoms with Gasteiger partial charge >= 0.3 is 0 Å². The molecule has 1 aromatic heterocycles. The van der Waals surface area contributed by atoms with Crippen LogP contribution in [0.3, 0.4) is 0 Å². The minimum atomic E-state index is -0.613. The number of hydrogen-bond acceptors (Lipinski definition) is 8. The number of benzene rings is 2. The molecule has 1 heterocycles. The fourth-order valence-corrected chi connectivity index (χ4v) is 2.52. The molecule has 25 heavy (non-hydrogen) atoms. The maximum atomic E-state index is 12.5. The monoisotopic (exact) mass is 346 g/mol. The van der Waals surface area contributed by atoms with Crippen molar-refractivity contribution in [1.29, 1.82) is 0 Å². The number of phenolic OH excluding ortho intramolecular Hbond substituents is 4. The highest BCUT2D eigenvalue weighted by atomic mass is 16.5. The van der Waals surface area contributed by atoms with Crippen molar-refractivity contribution < 1.29 is 34.3 Å². The van der Waals surface area contributed by atoms with E-state index >= 15 is 0 Å². The first kappa shape index (κ1) is 16.3. The molecule has 130 valence electrons. The Morgan fingerprint density at radius 3 is 2.16 bits per heavy atom. The highest BCUT2D eigenvalue weighted by molar-refractivity contribution is 5.95. The third kappa shape index (κ3) is 2.44. The van der Waals surface area contributed by atoms with Crippen LogP contribution in [-0.4, -0.2) is 34.6 Å². The van der Waals surface area contributed by atoms with Gasteiger partial charge in [0.2, 0.25) is 17.2 Å². The van der Waals surface area contributed by atoms with E-state index in [0.717, 1.165) is 6.07 Å². The zero-order valence-electron chi connectivity index (χ0n) is 13.2. The third-order valence-electron chi connectivity index (χ3n) is 3.70. The summed E-state index contributed by atoms with van der Waals surface area (Å²) in [6.45, 7) is 0. The van der Waals surface area contributed by atoms with Gasteiger partial charge in [-0.25, -0.2) is 0 Å². The summed E-state index contributed by atoms with van der Waals surface area (Å²) in [6.07, 6.45) is 0. The lowest BCUT2D eigenvalue weighted by molar-refractivity contribution is 0.323. The molecule has 0 atom stereocenters. The molecular weight excluding hydrogens is 332 g/mol. The van der Waals surface area contributed by atoms with Crippen LogP contribution in [0.1, 0.15) is 0 Å². The van der Waals surface area contributed by atoms with Gasteiger partial charge in [0.25, 0.3) is 0 Å². The molecule has 0 spiro atoms. The Bertz CT molecular complexity index is 1040. The van der Waals surface area contributed by atoms with Gasteiger partial charge in [-0.15, -0.1) is 0 Å². The summed E-state index contributed by atoms with van der Waals surface area (Å²) in [7, 11) is 2.47. The molecule has 3 rings (SSSR count). The number of methoxy groups -OCH3 is 2. The molecule has 0 fully saturated rings. The van der Waals surface area contributed by atoms with Gasteiger partial charge in [-0.3, -0.25) is 4.79 Å². The van der Waals surface area contributed by atoms with Crippen molar-refractivity contribution in [3.8, 4) is 45.8 Å². The predicted octanol–water partition coefficient (Wildman–Crippen LogP) is 2.30. The number of ether oxygens (including phenoxy) is 2. The lowest BCUT2D eigenvalue weighted by atomic mass is 10.1. The fraction of sp³-hybridized carbons (Fsp3) is 0.118. The summed E-state index contributed by atoms with van der Waals surface area (Å²) >= 11 is 0. The fourth-order valence-electron chi connectivity index (χ4n) is 2.52. The van der Waals surface area contributed by atoms with Gasteiger partial charge in [0.1, 0.15) is 11.1 Å². The zero-order valence-corrected chi connectivity index (χ0v) is 13.2.